The van der Waals surface area contributed by atoms with E-state index in [0.717, 1.165) is 0 Å². The Labute approximate surface area is 158 Å². The molecule has 0 amide bonds. The average Bonchev–Trinajstić information content (AvgIpc) is 2.98. The highest BCUT2D eigenvalue weighted by Gasteiger charge is 2.54. The van der Waals surface area contributed by atoms with Gasteiger partial charge >= 0.3 is 5.97 Å². The quantitative estimate of drug-likeness (QED) is 0.383. The summed E-state index contributed by atoms with van der Waals surface area (Å²) in [7, 11) is 0. The van der Waals surface area contributed by atoms with E-state index in [1.165, 1.54) is 24.3 Å². The third-order valence-electron chi connectivity index (χ3n) is 4.98. The number of benzene rings is 3. The van der Waals surface area contributed by atoms with Crippen molar-refractivity contribution in [2.75, 3.05) is 0 Å². The standard InChI is InChI=1S/C21H11NO6/c23-10-22-18-16(25)8-7-15-19(18)27-17-9-11(24)5-6-14(17)21(15)13-4-2-1-3-12(13)20(26)28-21/h1-9,24-25H. The number of rotatable bonds is 1. The maximum absolute atomic E-state index is 12.7. The molecule has 0 fully saturated rings. The first-order chi connectivity index (χ1) is 13.6. The smallest absolute Gasteiger partial charge is 0.340 e. The number of phenols is 2. The van der Waals surface area contributed by atoms with Crippen LogP contribution < -0.4 is 4.74 Å². The molecule has 3 aromatic carbocycles. The Morgan fingerprint density at radius 2 is 1.75 bits per heavy atom. The lowest BCUT2D eigenvalue weighted by Gasteiger charge is -2.36. The molecule has 0 aliphatic carbocycles. The minimum Gasteiger partial charge on any atom is -0.508 e. The van der Waals surface area contributed by atoms with Gasteiger partial charge in [0.1, 0.15) is 17.2 Å². The van der Waals surface area contributed by atoms with E-state index in [1.54, 1.807) is 36.4 Å². The first kappa shape index (κ1) is 16.1. The van der Waals surface area contributed by atoms with E-state index in [-0.39, 0.29) is 28.7 Å². The number of ether oxygens (including phenoxy) is 2. The molecule has 0 radical (unpaired) electrons. The van der Waals surface area contributed by atoms with Crippen molar-refractivity contribution in [3.05, 3.63) is 76.9 Å². The van der Waals surface area contributed by atoms with Crippen LogP contribution in [0.15, 0.2) is 59.6 Å². The van der Waals surface area contributed by atoms with Crippen LogP contribution in [0.4, 0.5) is 5.69 Å². The molecule has 1 atom stereocenters. The molecule has 7 heteroatoms. The minimum absolute atomic E-state index is 0.0472. The zero-order valence-electron chi connectivity index (χ0n) is 14.2. The van der Waals surface area contributed by atoms with E-state index in [1.807, 2.05) is 0 Å². The summed E-state index contributed by atoms with van der Waals surface area (Å²) in [6.45, 7) is 0. The van der Waals surface area contributed by atoms with Gasteiger partial charge in [-0.25, -0.2) is 9.59 Å². The number of phenolic OH excluding ortho intramolecular Hbond substituents is 2. The molecule has 7 nitrogen and oxygen atoms in total. The van der Waals surface area contributed by atoms with E-state index >= 15 is 0 Å². The van der Waals surface area contributed by atoms with Crippen LogP contribution in [-0.2, 0) is 15.1 Å². The Hall–Kier alpha value is -4.09. The van der Waals surface area contributed by atoms with Crippen LogP contribution >= 0.6 is 0 Å². The number of nitrogens with zero attached hydrogens (tertiary/aromatic N) is 1. The maximum Gasteiger partial charge on any atom is 0.340 e. The van der Waals surface area contributed by atoms with Crippen molar-refractivity contribution in [3.8, 4) is 23.0 Å². The maximum atomic E-state index is 12.7. The predicted octanol–water partition coefficient (Wildman–Crippen LogP) is 3.63. The molecule has 2 aliphatic rings. The number of aromatic hydroxyl groups is 2. The fourth-order valence-electron chi connectivity index (χ4n) is 3.85. The molecule has 1 spiro atoms. The number of aliphatic imine (C=N–C) groups is 1. The fraction of sp³-hybridized carbons (Fsp3) is 0.0476. The molecular formula is C21H11NO6. The Kier molecular flexibility index (Phi) is 3.14. The number of fused-ring (bicyclic) bond motifs is 6. The average molecular weight is 373 g/mol. The molecule has 0 aromatic heterocycles. The summed E-state index contributed by atoms with van der Waals surface area (Å²) in [5, 5.41) is 20.1. The molecule has 0 saturated heterocycles. The van der Waals surface area contributed by atoms with E-state index in [4.69, 9.17) is 9.47 Å². The zero-order valence-corrected chi connectivity index (χ0v) is 14.2. The van der Waals surface area contributed by atoms with E-state index in [9.17, 15) is 19.8 Å². The normalized spacial score (nSPS) is 18.4. The second kappa shape index (κ2) is 5.45. The number of esters is 1. The van der Waals surface area contributed by atoms with Gasteiger partial charge in [-0.2, -0.15) is 4.99 Å². The van der Waals surface area contributed by atoms with Crippen molar-refractivity contribution in [3.63, 3.8) is 0 Å². The van der Waals surface area contributed by atoms with Crippen LogP contribution in [0.5, 0.6) is 23.0 Å². The molecule has 2 N–H and O–H groups in total. The number of isocyanates is 1. The summed E-state index contributed by atoms with van der Waals surface area (Å²) < 4.78 is 11.8. The lowest BCUT2D eigenvalue weighted by atomic mass is 9.77. The molecule has 0 bridgehead atoms. The molecule has 28 heavy (non-hydrogen) atoms. The topological polar surface area (TPSA) is 105 Å². The van der Waals surface area contributed by atoms with Gasteiger partial charge in [-0.05, 0) is 30.3 Å². The van der Waals surface area contributed by atoms with Crippen LogP contribution in [0.25, 0.3) is 0 Å². The van der Waals surface area contributed by atoms with Gasteiger partial charge in [0.25, 0.3) is 0 Å². The molecule has 1 unspecified atom stereocenters. The number of carbonyl (C=O) groups excluding carboxylic acids is 2. The van der Waals surface area contributed by atoms with Gasteiger partial charge in [0.15, 0.2) is 17.0 Å². The summed E-state index contributed by atoms with van der Waals surface area (Å²) >= 11 is 0. The highest BCUT2D eigenvalue weighted by molar-refractivity contribution is 5.97. The van der Waals surface area contributed by atoms with Crippen LogP contribution in [0, 0.1) is 0 Å². The van der Waals surface area contributed by atoms with E-state index in [0.29, 0.717) is 22.3 Å². The van der Waals surface area contributed by atoms with Crippen LogP contribution in [0.2, 0.25) is 0 Å². The SMILES string of the molecule is O=C=Nc1c(O)ccc2c1Oc1cc(O)ccc1C21OC(=O)c2ccccc21. The van der Waals surface area contributed by atoms with Crippen molar-refractivity contribution in [2.45, 2.75) is 5.60 Å². The summed E-state index contributed by atoms with van der Waals surface area (Å²) in [5.74, 6) is -0.610. The lowest BCUT2D eigenvalue weighted by molar-refractivity contribution is 0.0224. The van der Waals surface area contributed by atoms with Crippen LogP contribution in [0.1, 0.15) is 27.0 Å². The summed E-state index contributed by atoms with van der Waals surface area (Å²) in [6.07, 6.45) is 1.40. The second-order valence-electron chi connectivity index (χ2n) is 6.41. The van der Waals surface area contributed by atoms with Crippen LogP contribution in [0.3, 0.4) is 0 Å². The predicted molar refractivity (Wildman–Crippen MR) is 95.8 cm³/mol. The molecular weight excluding hydrogens is 362 g/mol. The Bertz CT molecular complexity index is 1230. The van der Waals surface area contributed by atoms with Gasteiger partial charge in [-0.3, -0.25) is 0 Å². The van der Waals surface area contributed by atoms with E-state index < -0.39 is 11.6 Å². The van der Waals surface area contributed by atoms with Gasteiger partial charge in [-0.1, -0.05) is 18.2 Å². The Morgan fingerprint density at radius 3 is 2.57 bits per heavy atom. The van der Waals surface area contributed by atoms with Crippen molar-refractivity contribution >= 4 is 17.7 Å². The van der Waals surface area contributed by atoms with Gasteiger partial charge in [0.2, 0.25) is 6.08 Å². The molecule has 3 aromatic rings. The monoisotopic (exact) mass is 373 g/mol. The minimum atomic E-state index is -1.37. The number of carbonyl (C=O) groups is 1. The van der Waals surface area contributed by atoms with Gasteiger partial charge in [0, 0.05) is 17.2 Å². The van der Waals surface area contributed by atoms with Gasteiger partial charge in [0.05, 0.1) is 11.1 Å². The van der Waals surface area contributed by atoms with E-state index in [2.05, 4.69) is 4.99 Å². The highest BCUT2D eigenvalue weighted by atomic mass is 16.6. The first-order valence-corrected chi connectivity index (χ1v) is 8.35. The Morgan fingerprint density at radius 1 is 0.964 bits per heavy atom. The van der Waals surface area contributed by atoms with Crippen molar-refractivity contribution in [2.24, 2.45) is 4.99 Å². The number of hydrogen-bond acceptors (Lipinski definition) is 7. The molecule has 5 rings (SSSR count). The van der Waals surface area contributed by atoms with Gasteiger partial charge < -0.3 is 19.7 Å². The summed E-state index contributed by atoms with van der Waals surface area (Å²) in [6, 6.07) is 14.3. The van der Waals surface area contributed by atoms with Crippen molar-refractivity contribution in [1.29, 1.82) is 0 Å². The van der Waals surface area contributed by atoms with Crippen molar-refractivity contribution < 1.29 is 29.3 Å². The molecule has 0 saturated carbocycles. The largest absolute Gasteiger partial charge is 0.508 e. The highest BCUT2D eigenvalue weighted by Crippen LogP contribution is 2.59. The second-order valence-corrected chi connectivity index (χ2v) is 6.41. The lowest BCUT2D eigenvalue weighted by Crippen LogP contribution is -2.33. The third-order valence-corrected chi connectivity index (χ3v) is 4.98. The summed E-state index contributed by atoms with van der Waals surface area (Å²) in [4.78, 5) is 27.1. The molecule has 2 heterocycles. The Balaban J connectivity index is 1.94. The zero-order chi connectivity index (χ0) is 19.5. The van der Waals surface area contributed by atoms with Crippen molar-refractivity contribution in [1.82, 2.24) is 0 Å². The van der Waals surface area contributed by atoms with Gasteiger partial charge in [-0.15, -0.1) is 0 Å². The molecule has 2 aliphatic heterocycles. The third kappa shape index (κ3) is 1.91. The molecule has 136 valence electrons. The fourth-order valence-corrected chi connectivity index (χ4v) is 3.85. The summed E-state index contributed by atoms with van der Waals surface area (Å²) in [5.41, 5.74) is 0.372. The first-order valence-electron chi connectivity index (χ1n) is 8.35. The number of hydrogen-bond donors (Lipinski definition) is 2. The van der Waals surface area contributed by atoms with Crippen LogP contribution in [-0.4, -0.2) is 22.3 Å².